The zero-order chi connectivity index (χ0) is 16.8. The van der Waals surface area contributed by atoms with Crippen LogP contribution < -0.4 is 10.6 Å². The van der Waals surface area contributed by atoms with E-state index in [-0.39, 0.29) is 5.91 Å². The lowest BCUT2D eigenvalue weighted by atomic mass is 10.1. The van der Waals surface area contributed by atoms with Crippen LogP contribution in [0.2, 0.25) is 5.02 Å². The summed E-state index contributed by atoms with van der Waals surface area (Å²) >= 11 is 6.21. The van der Waals surface area contributed by atoms with E-state index in [1.54, 1.807) is 0 Å². The van der Waals surface area contributed by atoms with Gasteiger partial charge in [0.15, 0.2) is 0 Å². The van der Waals surface area contributed by atoms with Gasteiger partial charge in [-0.3, -0.25) is 9.48 Å². The number of carbonyl (C=O) groups excluding carboxylic acids is 1. The number of aryl methyl sites for hydroxylation is 1. The summed E-state index contributed by atoms with van der Waals surface area (Å²) in [4.78, 5) is 12.4. The van der Waals surface area contributed by atoms with E-state index >= 15 is 0 Å². The third-order valence-electron chi connectivity index (χ3n) is 3.72. The Hall–Kier alpha value is -1.85. The summed E-state index contributed by atoms with van der Waals surface area (Å²) in [7, 11) is 0. The number of benzene rings is 1. The maximum Gasteiger partial charge on any atom is 0.255 e. The van der Waals surface area contributed by atoms with Crippen LogP contribution in [-0.4, -0.2) is 35.3 Å². The predicted molar refractivity (Wildman–Crippen MR) is 93.1 cm³/mol. The molecule has 1 amide bonds. The van der Waals surface area contributed by atoms with Gasteiger partial charge in [0.1, 0.15) is 0 Å². The van der Waals surface area contributed by atoms with Gasteiger partial charge in [0.25, 0.3) is 5.91 Å². The summed E-state index contributed by atoms with van der Waals surface area (Å²) in [6.45, 7) is 8.61. The van der Waals surface area contributed by atoms with Gasteiger partial charge in [0.2, 0.25) is 0 Å². The lowest BCUT2D eigenvalue weighted by Gasteiger charge is -2.08. The Morgan fingerprint density at radius 2 is 2.00 bits per heavy atom. The molecule has 23 heavy (non-hydrogen) atoms. The number of likely N-dealkylation sites (N-methyl/N-ethyl adjacent to an activating group) is 1. The number of rotatable bonds is 7. The number of amides is 1. The monoisotopic (exact) mass is 334 g/mol. The van der Waals surface area contributed by atoms with Crippen molar-refractivity contribution < 1.29 is 4.79 Å². The van der Waals surface area contributed by atoms with E-state index in [2.05, 4.69) is 15.7 Å². The average Bonchev–Trinajstić information content (AvgIpc) is 2.80. The molecule has 0 spiro atoms. The van der Waals surface area contributed by atoms with E-state index in [1.807, 2.05) is 49.7 Å². The SMILES string of the molecule is CCNCCNC(=O)c1c(C)nn(Cc2ccccc2Cl)c1C. The Morgan fingerprint density at radius 3 is 2.70 bits per heavy atom. The topological polar surface area (TPSA) is 58.9 Å². The highest BCUT2D eigenvalue weighted by Gasteiger charge is 2.18. The molecule has 0 aliphatic rings. The van der Waals surface area contributed by atoms with Gasteiger partial charge in [-0.25, -0.2) is 0 Å². The standard InChI is InChI=1S/C17H23ClN4O/c1-4-19-9-10-20-17(23)16-12(2)21-22(13(16)3)11-14-7-5-6-8-15(14)18/h5-8,19H,4,9-11H2,1-3H3,(H,20,23). The molecule has 0 saturated heterocycles. The first-order chi connectivity index (χ1) is 11.0. The molecule has 0 atom stereocenters. The first-order valence-corrected chi connectivity index (χ1v) is 8.18. The van der Waals surface area contributed by atoms with E-state index in [0.29, 0.717) is 23.7 Å². The molecule has 0 aliphatic heterocycles. The van der Waals surface area contributed by atoms with Crippen LogP contribution in [0.25, 0.3) is 0 Å². The molecule has 0 fully saturated rings. The van der Waals surface area contributed by atoms with Crippen LogP contribution in [0.15, 0.2) is 24.3 Å². The van der Waals surface area contributed by atoms with E-state index in [0.717, 1.165) is 30.0 Å². The highest BCUT2D eigenvalue weighted by molar-refractivity contribution is 6.31. The predicted octanol–water partition coefficient (Wildman–Crippen LogP) is 2.54. The second-order valence-electron chi connectivity index (χ2n) is 5.40. The van der Waals surface area contributed by atoms with Crippen molar-refractivity contribution in [1.29, 1.82) is 0 Å². The van der Waals surface area contributed by atoms with Gasteiger partial charge in [-0.15, -0.1) is 0 Å². The third kappa shape index (κ3) is 4.33. The summed E-state index contributed by atoms with van der Waals surface area (Å²) in [5, 5.41) is 11.3. The summed E-state index contributed by atoms with van der Waals surface area (Å²) < 4.78 is 1.83. The summed E-state index contributed by atoms with van der Waals surface area (Å²) in [6.07, 6.45) is 0. The first kappa shape index (κ1) is 17.5. The molecule has 6 heteroatoms. The van der Waals surface area contributed by atoms with Gasteiger partial charge in [-0.2, -0.15) is 5.10 Å². The molecule has 0 unspecified atom stereocenters. The molecule has 0 bridgehead atoms. The van der Waals surface area contributed by atoms with Crippen LogP contribution in [-0.2, 0) is 6.54 Å². The normalized spacial score (nSPS) is 10.8. The smallest absolute Gasteiger partial charge is 0.255 e. The van der Waals surface area contributed by atoms with Crippen molar-refractivity contribution in [3.05, 3.63) is 51.8 Å². The quantitative estimate of drug-likeness (QED) is 0.765. The maximum absolute atomic E-state index is 12.4. The minimum absolute atomic E-state index is 0.0803. The molecule has 0 saturated carbocycles. The molecular weight excluding hydrogens is 312 g/mol. The minimum Gasteiger partial charge on any atom is -0.351 e. The molecule has 1 heterocycles. The van der Waals surface area contributed by atoms with Gasteiger partial charge in [-0.1, -0.05) is 36.7 Å². The number of halogens is 1. The number of nitrogens with zero attached hydrogens (tertiary/aromatic N) is 2. The van der Waals surface area contributed by atoms with Crippen molar-refractivity contribution in [2.45, 2.75) is 27.3 Å². The van der Waals surface area contributed by atoms with Gasteiger partial charge in [0, 0.05) is 23.8 Å². The lowest BCUT2D eigenvalue weighted by molar-refractivity contribution is 0.0952. The van der Waals surface area contributed by atoms with Crippen LogP contribution in [0.1, 0.15) is 34.2 Å². The van der Waals surface area contributed by atoms with Crippen molar-refractivity contribution in [2.24, 2.45) is 0 Å². The second-order valence-corrected chi connectivity index (χ2v) is 5.81. The van der Waals surface area contributed by atoms with Crippen LogP contribution in [0, 0.1) is 13.8 Å². The van der Waals surface area contributed by atoms with Crippen LogP contribution in [0.4, 0.5) is 0 Å². The van der Waals surface area contributed by atoms with Gasteiger partial charge in [0.05, 0.1) is 17.8 Å². The van der Waals surface area contributed by atoms with E-state index in [1.165, 1.54) is 0 Å². The van der Waals surface area contributed by atoms with Crippen molar-refractivity contribution in [1.82, 2.24) is 20.4 Å². The fraction of sp³-hybridized carbons (Fsp3) is 0.412. The number of nitrogens with one attached hydrogen (secondary N) is 2. The maximum atomic E-state index is 12.4. The molecule has 2 rings (SSSR count). The fourth-order valence-electron chi connectivity index (χ4n) is 2.50. The largest absolute Gasteiger partial charge is 0.351 e. The minimum atomic E-state index is -0.0803. The van der Waals surface area contributed by atoms with Gasteiger partial charge < -0.3 is 10.6 Å². The molecule has 0 aliphatic carbocycles. The molecular formula is C17H23ClN4O. The van der Waals surface area contributed by atoms with Crippen molar-refractivity contribution in [2.75, 3.05) is 19.6 Å². The van der Waals surface area contributed by atoms with E-state index in [9.17, 15) is 4.79 Å². The Balaban J connectivity index is 2.13. The number of aromatic nitrogens is 2. The summed E-state index contributed by atoms with van der Waals surface area (Å²) in [5.74, 6) is -0.0803. The first-order valence-electron chi connectivity index (χ1n) is 7.81. The molecule has 1 aromatic heterocycles. The lowest BCUT2D eigenvalue weighted by Crippen LogP contribution is -2.32. The summed E-state index contributed by atoms with van der Waals surface area (Å²) in [5.41, 5.74) is 3.21. The Kier molecular flexibility index (Phi) is 6.19. The average molecular weight is 335 g/mol. The van der Waals surface area contributed by atoms with Crippen LogP contribution in [0.5, 0.6) is 0 Å². The number of hydrogen-bond donors (Lipinski definition) is 2. The Bertz CT molecular complexity index is 681. The molecule has 5 nitrogen and oxygen atoms in total. The third-order valence-corrected chi connectivity index (χ3v) is 4.09. The molecule has 124 valence electrons. The van der Waals surface area contributed by atoms with Gasteiger partial charge in [-0.05, 0) is 32.0 Å². The highest BCUT2D eigenvalue weighted by Crippen LogP contribution is 2.19. The highest BCUT2D eigenvalue weighted by atomic mass is 35.5. The van der Waals surface area contributed by atoms with Crippen molar-refractivity contribution >= 4 is 17.5 Å². The second kappa shape index (κ2) is 8.13. The zero-order valence-corrected chi connectivity index (χ0v) is 14.6. The van der Waals surface area contributed by atoms with Crippen molar-refractivity contribution in [3.8, 4) is 0 Å². The van der Waals surface area contributed by atoms with Crippen molar-refractivity contribution in [3.63, 3.8) is 0 Å². The molecule has 2 aromatic rings. The number of carbonyl (C=O) groups is 1. The van der Waals surface area contributed by atoms with E-state index in [4.69, 9.17) is 11.6 Å². The van der Waals surface area contributed by atoms with E-state index < -0.39 is 0 Å². The fourth-order valence-corrected chi connectivity index (χ4v) is 2.69. The van der Waals surface area contributed by atoms with Gasteiger partial charge >= 0.3 is 0 Å². The molecule has 0 radical (unpaired) electrons. The van der Waals surface area contributed by atoms with Crippen LogP contribution >= 0.6 is 11.6 Å². The molecule has 1 aromatic carbocycles. The number of hydrogen-bond acceptors (Lipinski definition) is 3. The Labute approximate surface area is 142 Å². The Morgan fingerprint density at radius 1 is 1.26 bits per heavy atom. The van der Waals surface area contributed by atoms with Crippen LogP contribution in [0.3, 0.4) is 0 Å². The zero-order valence-electron chi connectivity index (χ0n) is 13.8. The summed E-state index contributed by atoms with van der Waals surface area (Å²) in [6, 6.07) is 7.67. The molecule has 2 N–H and O–H groups in total.